The van der Waals surface area contributed by atoms with Gasteiger partial charge in [-0.1, -0.05) is 35.4 Å². The van der Waals surface area contributed by atoms with E-state index in [0.29, 0.717) is 28.3 Å². The number of anilines is 5. The molecule has 1 atom stereocenters. The number of benzene rings is 5. The van der Waals surface area contributed by atoms with Crippen LogP contribution in [0, 0.1) is 27.7 Å². The van der Waals surface area contributed by atoms with Crippen molar-refractivity contribution < 1.29 is 14.0 Å². The molecule has 1 unspecified atom stereocenters. The standard InChI is InChI=1S/C38H35N2O3P/c1-22-8-12-26(13-9-22)39(27-14-10-23(2)11-15-27)28-20-30-36-34(21-28)43-33-19-25(4)18-32-37(33)44(36,41)35-29(40(30)38(5,6)7)16-24(3)17-31(35)42-32/h8-21H,1-7H3. The molecule has 8 rings (SSSR count). The van der Waals surface area contributed by atoms with Crippen LogP contribution in [0.1, 0.15) is 43.0 Å². The van der Waals surface area contributed by atoms with E-state index in [9.17, 15) is 0 Å². The first-order chi connectivity index (χ1) is 20.9. The highest BCUT2D eigenvalue weighted by atomic mass is 31.2. The monoisotopic (exact) mass is 598 g/mol. The number of hydrogen-bond donors (Lipinski definition) is 0. The van der Waals surface area contributed by atoms with Crippen molar-refractivity contribution in [1.82, 2.24) is 0 Å². The lowest BCUT2D eigenvalue weighted by molar-refractivity contribution is 0.459. The normalized spacial score (nSPS) is 17.0. The molecule has 0 spiro atoms. The van der Waals surface area contributed by atoms with E-state index in [-0.39, 0.29) is 5.54 Å². The number of nitrogens with zero attached hydrogens (tertiary/aromatic N) is 2. The lowest BCUT2D eigenvalue weighted by Gasteiger charge is -2.48. The van der Waals surface area contributed by atoms with E-state index >= 15 is 4.57 Å². The van der Waals surface area contributed by atoms with E-state index in [1.807, 2.05) is 25.1 Å². The quantitative estimate of drug-likeness (QED) is 0.190. The Hall–Kier alpha value is -4.47. The summed E-state index contributed by atoms with van der Waals surface area (Å²) in [6.07, 6.45) is 0. The molecule has 3 aliphatic heterocycles. The van der Waals surface area contributed by atoms with Gasteiger partial charge in [0.1, 0.15) is 28.3 Å². The van der Waals surface area contributed by atoms with Crippen LogP contribution in [0.25, 0.3) is 0 Å². The smallest absolute Gasteiger partial charge is 0.189 e. The van der Waals surface area contributed by atoms with Gasteiger partial charge in [0.05, 0.1) is 27.7 Å². The van der Waals surface area contributed by atoms with Crippen LogP contribution in [0.4, 0.5) is 28.4 Å². The largest absolute Gasteiger partial charge is 0.455 e. The summed E-state index contributed by atoms with van der Waals surface area (Å²) in [4.78, 5) is 4.59. The fourth-order valence-corrected chi connectivity index (χ4v) is 10.3. The molecule has 0 saturated carbocycles. The summed E-state index contributed by atoms with van der Waals surface area (Å²) in [7, 11) is -3.35. The Morgan fingerprint density at radius 1 is 0.545 bits per heavy atom. The van der Waals surface area contributed by atoms with Gasteiger partial charge in [-0.25, -0.2) is 0 Å². The van der Waals surface area contributed by atoms with E-state index in [4.69, 9.17) is 9.47 Å². The van der Waals surface area contributed by atoms with E-state index in [1.54, 1.807) is 0 Å². The molecule has 3 heterocycles. The number of rotatable bonds is 3. The SMILES string of the molecule is Cc1ccc(N(c2ccc(C)cc2)c2cc3c4c(c2)N(C(C)(C)C)c2cc(C)cc5c2P4(=O)c2c(cc(C)cc2O3)O5)cc1. The molecule has 5 aromatic rings. The maximum Gasteiger partial charge on any atom is 0.189 e. The first-order valence-corrected chi connectivity index (χ1v) is 16.8. The van der Waals surface area contributed by atoms with Crippen molar-refractivity contribution in [3.63, 3.8) is 0 Å². The molecule has 220 valence electrons. The minimum Gasteiger partial charge on any atom is -0.455 e. The molecule has 44 heavy (non-hydrogen) atoms. The predicted octanol–water partition coefficient (Wildman–Crippen LogP) is 9.49. The van der Waals surface area contributed by atoms with Gasteiger partial charge in [0.15, 0.2) is 7.14 Å². The summed E-state index contributed by atoms with van der Waals surface area (Å²) >= 11 is 0. The van der Waals surface area contributed by atoms with Crippen molar-refractivity contribution in [1.29, 1.82) is 0 Å². The van der Waals surface area contributed by atoms with Crippen LogP contribution in [-0.2, 0) is 4.57 Å². The number of hydrogen-bond acceptors (Lipinski definition) is 5. The second-order valence-electron chi connectivity index (χ2n) is 13.4. The van der Waals surface area contributed by atoms with E-state index in [0.717, 1.165) is 50.2 Å². The Morgan fingerprint density at radius 2 is 0.977 bits per heavy atom. The van der Waals surface area contributed by atoms with E-state index in [1.165, 1.54) is 11.1 Å². The summed E-state index contributed by atoms with van der Waals surface area (Å²) in [6.45, 7) is 14.9. The summed E-state index contributed by atoms with van der Waals surface area (Å²) in [5, 5.41) is 2.20. The van der Waals surface area contributed by atoms with Gasteiger partial charge in [-0.2, -0.15) is 0 Å². The molecule has 0 saturated heterocycles. The fraction of sp³-hybridized carbons (Fsp3) is 0.211. The van der Waals surface area contributed by atoms with Crippen LogP contribution in [0.5, 0.6) is 23.0 Å². The average Bonchev–Trinajstić information content (AvgIpc) is 2.93. The number of ether oxygens (including phenoxy) is 2. The Bertz CT molecular complexity index is 2030. The molecule has 6 heteroatoms. The summed E-state index contributed by atoms with van der Waals surface area (Å²) in [5.41, 5.74) is 8.96. The van der Waals surface area contributed by atoms with E-state index < -0.39 is 7.14 Å². The first kappa shape index (κ1) is 27.1. The lowest BCUT2D eigenvalue weighted by Crippen LogP contribution is -2.49. The topological polar surface area (TPSA) is 42.0 Å². The zero-order valence-electron chi connectivity index (χ0n) is 26.1. The third-order valence-electron chi connectivity index (χ3n) is 8.80. The molecule has 5 aromatic carbocycles. The van der Waals surface area contributed by atoms with Gasteiger partial charge < -0.3 is 23.8 Å². The van der Waals surface area contributed by atoms with Gasteiger partial charge in [-0.3, -0.25) is 0 Å². The predicted molar refractivity (Wildman–Crippen MR) is 182 cm³/mol. The molecule has 0 fully saturated rings. The molecule has 0 aromatic heterocycles. The van der Waals surface area contributed by atoms with Crippen LogP contribution in [0.15, 0.2) is 84.9 Å². The molecular formula is C38H35N2O3P. The van der Waals surface area contributed by atoms with Crippen LogP contribution in [0.3, 0.4) is 0 Å². The Labute approximate surface area is 259 Å². The van der Waals surface area contributed by atoms with Gasteiger partial charge in [0.25, 0.3) is 0 Å². The highest BCUT2D eigenvalue weighted by molar-refractivity contribution is 7.87. The highest BCUT2D eigenvalue weighted by Crippen LogP contribution is 2.65. The van der Waals surface area contributed by atoms with Gasteiger partial charge >= 0.3 is 0 Å². The molecule has 0 amide bonds. The van der Waals surface area contributed by atoms with Crippen LogP contribution in [-0.4, -0.2) is 5.54 Å². The molecule has 0 bridgehead atoms. The van der Waals surface area contributed by atoms with E-state index in [2.05, 4.69) is 118 Å². The maximum atomic E-state index is 16.0. The zero-order valence-corrected chi connectivity index (χ0v) is 27.0. The molecule has 5 nitrogen and oxygen atoms in total. The summed E-state index contributed by atoms with van der Waals surface area (Å²) in [5.74, 6) is 2.53. The Kier molecular flexibility index (Phi) is 5.56. The van der Waals surface area contributed by atoms with Crippen molar-refractivity contribution >= 4 is 51.5 Å². The number of aryl methyl sites for hydroxylation is 4. The molecule has 3 aliphatic rings. The molecular weight excluding hydrogens is 563 g/mol. The van der Waals surface area contributed by atoms with Crippen molar-refractivity contribution in [2.24, 2.45) is 0 Å². The summed E-state index contributed by atoms with van der Waals surface area (Å²) < 4.78 is 29.3. The third-order valence-corrected chi connectivity index (χ3v) is 12.0. The molecule has 0 N–H and O–H groups in total. The maximum absolute atomic E-state index is 16.0. The third kappa shape index (κ3) is 3.75. The van der Waals surface area contributed by atoms with Gasteiger partial charge in [0, 0.05) is 23.0 Å². The van der Waals surface area contributed by atoms with Crippen molar-refractivity contribution in [2.45, 2.75) is 54.0 Å². The van der Waals surface area contributed by atoms with Gasteiger partial charge in [0.2, 0.25) is 0 Å². The zero-order chi connectivity index (χ0) is 30.7. The molecule has 0 aliphatic carbocycles. The highest BCUT2D eigenvalue weighted by Gasteiger charge is 2.54. The van der Waals surface area contributed by atoms with Crippen LogP contribution < -0.4 is 35.2 Å². The fourth-order valence-electron chi connectivity index (χ4n) is 7.00. The van der Waals surface area contributed by atoms with Crippen molar-refractivity contribution in [3.05, 3.63) is 107 Å². The average molecular weight is 599 g/mol. The van der Waals surface area contributed by atoms with Crippen LogP contribution in [0.2, 0.25) is 0 Å². The minimum absolute atomic E-state index is 0.342. The minimum atomic E-state index is -3.35. The second-order valence-corrected chi connectivity index (χ2v) is 15.9. The first-order valence-electron chi connectivity index (χ1n) is 15.1. The second kappa shape index (κ2) is 9.03. The lowest BCUT2D eigenvalue weighted by atomic mass is 10.0. The van der Waals surface area contributed by atoms with Gasteiger partial charge in [-0.15, -0.1) is 0 Å². The molecule has 0 radical (unpaired) electrons. The Balaban J connectivity index is 1.48. The van der Waals surface area contributed by atoms with Gasteiger partial charge in [-0.05, 0) is 114 Å². The van der Waals surface area contributed by atoms with Crippen molar-refractivity contribution in [2.75, 3.05) is 9.80 Å². The Morgan fingerprint density at radius 3 is 1.48 bits per heavy atom. The summed E-state index contributed by atoms with van der Waals surface area (Å²) in [6, 6.07) is 29.6. The van der Waals surface area contributed by atoms with Crippen LogP contribution >= 0.6 is 7.14 Å². The van der Waals surface area contributed by atoms with Crippen molar-refractivity contribution in [3.8, 4) is 23.0 Å².